The van der Waals surface area contributed by atoms with Gasteiger partial charge in [-0.25, -0.2) is 5.06 Å². The van der Waals surface area contributed by atoms with E-state index < -0.39 is 6.29 Å². The van der Waals surface area contributed by atoms with Crippen LogP contribution in [0, 0.1) is 0 Å². The fraction of sp³-hybridized carbons (Fsp3) is 0.435. The number of benzene rings is 2. The van der Waals surface area contributed by atoms with Crippen molar-refractivity contribution >= 4 is 5.91 Å². The van der Waals surface area contributed by atoms with Crippen molar-refractivity contribution < 1.29 is 28.6 Å². The molecule has 1 aliphatic rings. The lowest BCUT2D eigenvalue weighted by atomic mass is 10.0. The van der Waals surface area contributed by atoms with E-state index in [2.05, 4.69) is 0 Å². The number of rotatable bonds is 9. The average molecular weight is 415 g/mol. The van der Waals surface area contributed by atoms with Crippen LogP contribution in [0.15, 0.2) is 54.6 Å². The zero-order valence-corrected chi connectivity index (χ0v) is 17.7. The highest BCUT2D eigenvalue weighted by molar-refractivity contribution is 5.75. The number of carbonyl (C=O) groups is 1. The molecule has 0 aliphatic carbocycles. The molecule has 3 atom stereocenters. The molecule has 2 aromatic carbocycles. The van der Waals surface area contributed by atoms with E-state index in [0.29, 0.717) is 19.4 Å². The summed E-state index contributed by atoms with van der Waals surface area (Å²) in [6, 6.07) is 17.2. The lowest BCUT2D eigenvalue weighted by molar-refractivity contribution is -0.252. The Balaban J connectivity index is 1.60. The summed E-state index contributed by atoms with van der Waals surface area (Å²) >= 11 is 0. The number of hydrogen-bond donors (Lipinski definition) is 0. The summed E-state index contributed by atoms with van der Waals surface area (Å²) in [5.41, 5.74) is 0.927. The fourth-order valence-electron chi connectivity index (χ4n) is 3.28. The molecule has 162 valence electrons. The van der Waals surface area contributed by atoms with E-state index >= 15 is 0 Å². The van der Waals surface area contributed by atoms with Crippen LogP contribution in [0.3, 0.4) is 0 Å². The van der Waals surface area contributed by atoms with Crippen LogP contribution >= 0.6 is 0 Å². The molecule has 1 saturated heterocycles. The van der Waals surface area contributed by atoms with Crippen molar-refractivity contribution in [3.63, 3.8) is 0 Å². The van der Waals surface area contributed by atoms with Gasteiger partial charge < -0.3 is 18.9 Å². The van der Waals surface area contributed by atoms with E-state index in [9.17, 15) is 4.79 Å². The van der Waals surface area contributed by atoms with Gasteiger partial charge >= 0.3 is 0 Å². The molecule has 3 rings (SSSR count). The molecule has 0 N–H and O–H groups in total. The van der Waals surface area contributed by atoms with E-state index in [0.717, 1.165) is 17.1 Å². The number of hydroxylamine groups is 2. The Morgan fingerprint density at radius 1 is 1.00 bits per heavy atom. The molecule has 0 aromatic heterocycles. The monoisotopic (exact) mass is 415 g/mol. The molecule has 7 heteroatoms. The lowest BCUT2D eigenvalue weighted by Crippen LogP contribution is -2.38. The Hall–Kier alpha value is -2.61. The van der Waals surface area contributed by atoms with Gasteiger partial charge in [0, 0.05) is 25.5 Å². The molecule has 1 amide bonds. The normalized spacial score (nSPS) is 21.1. The highest BCUT2D eigenvalue weighted by Crippen LogP contribution is 2.32. The molecule has 1 aliphatic heterocycles. The van der Waals surface area contributed by atoms with Gasteiger partial charge in [-0.15, -0.1) is 0 Å². The van der Waals surface area contributed by atoms with Crippen molar-refractivity contribution in [2.24, 2.45) is 0 Å². The lowest BCUT2D eigenvalue weighted by Gasteiger charge is -2.36. The second-order valence-corrected chi connectivity index (χ2v) is 7.09. The van der Waals surface area contributed by atoms with Gasteiger partial charge in [-0.3, -0.25) is 9.63 Å². The maximum Gasteiger partial charge on any atom is 0.248 e. The van der Waals surface area contributed by atoms with E-state index in [-0.39, 0.29) is 24.5 Å². The molecule has 0 bridgehead atoms. The summed E-state index contributed by atoms with van der Waals surface area (Å²) in [5, 5.41) is 1.22. The first-order chi connectivity index (χ1) is 14.6. The molecule has 0 unspecified atom stereocenters. The summed E-state index contributed by atoms with van der Waals surface area (Å²) in [7, 11) is 4.69. The minimum atomic E-state index is -0.517. The van der Waals surface area contributed by atoms with Gasteiger partial charge in [0.15, 0.2) is 6.29 Å². The Morgan fingerprint density at radius 3 is 2.33 bits per heavy atom. The number of amides is 1. The Morgan fingerprint density at radius 2 is 1.67 bits per heavy atom. The van der Waals surface area contributed by atoms with Crippen LogP contribution < -0.4 is 9.47 Å². The predicted octanol–water partition coefficient (Wildman–Crippen LogP) is 3.75. The van der Waals surface area contributed by atoms with Crippen LogP contribution in [0.2, 0.25) is 0 Å². The third kappa shape index (κ3) is 6.19. The third-order valence-electron chi connectivity index (χ3n) is 5.02. The summed E-state index contributed by atoms with van der Waals surface area (Å²) in [6.07, 6.45) is 0.652. The molecule has 1 fully saturated rings. The van der Waals surface area contributed by atoms with Crippen LogP contribution in [-0.2, 0) is 19.1 Å². The first-order valence-corrected chi connectivity index (χ1v) is 10.0. The summed E-state index contributed by atoms with van der Waals surface area (Å²) < 4.78 is 23.3. The molecule has 0 saturated carbocycles. The quantitative estimate of drug-likeness (QED) is 0.581. The van der Waals surface area contributed by atoms with Gasteiger partial charge in [-0.05, 0) is 24.3 Å². The smallest absolute Gasteiger partial charge is 0.248 e. The minimum Gasteiger partial charge on any atom is -0.497 e. The molecular formula is C23H29NO6. The van der Waals surface area contributed by atoms with Gasteiger partial charge in [0.2, 0.25) is 5.91 Å². The average Bonchev–Trinajstić information content (AvgIpc) is 2.79. The van der Waals surface area contributed by atoms with Crippen LogP contribution in [0.5, 0.6) is 11.5 Å². The van der Waals surface area contributed by atoms with Crippen molar-refractivity contribution in [3.8, 4) is 11.5 Å². The van der Waals surface area contributed by atoms with Crippen molar-refractivity contribution in [2.75, 3.05) is 27.9 Å². The number of nitrogens with zero attached hydrogens (tertiary/aromatic N) is 1. The first-order valence-electron chi connectivity index (χ1n) is 10.0. The minimum absolute atomic E-state index is 0.0899. The maximum atomic E-state index is 12.3. The maximum absolute atomic E-state index is 12.3. The molecule has 0 radical (unpaired) electrons. The first kappa shape index (κ1) is 22.1. The van der Waals surface area contributed by atoms with E-state index in [1.807, 2.05) is 54.6 Å². The van der Waals surface area contributed by atoms with Crippen LogP contribution in [0.4, 0.5) is 0 Å². The second-order valence-electron chi connectivity index (χ2n) is 7.09. The summed E-state index contributed by atoms with van der Waals surface area (Å²) in [6.45, 7) is 0.497. The molecule has 0 spiro atoms. The summed E-state index contributed by atoms with van der Waals surface area (Å²) in [5.74, 6) is 1.43. The fourth-order valence-corrected chi connectivity index (χ4v) is 3.28. The zero-order valence-electron chi connectivity index (χ0n) is 17.7. The number of carbonyl (C=O) groups excluding carboxylic acids is 1. The number of methoxy groups -OCH3 is 1. The second kappa shape index (κ2) is 11.0. The molecule has 2 aromatic rings. The zero-order chi connectivity index (χ0) is 21.3. The topological polar surface area (TPSA) is 66.5 Å². The van der Waals surface area contributed by atoms with E-state index in [4.69, 9.17) is 23.8 Å². The van der Waals surface area contributed by atoms with Gasteiger partial charge in [0.1, 0.15) is 11.5 Å². The van der Waals surface area contributed by atoms with Crippen molar-refractivity contribution in [1.29, 1.82) is 0 Å². The van der Waals surface area contributed by atoms with Crippen molar-refractivity contribution in [2.45, 2.75) is 37.8 Å². The predicted molar refractivity (Wildman–Crippen MR) is 111 cm³/mol. The van der Waals surface area contributed by atoms with E-state index in [1.165, 1.54) is 12.2 Å². The Kier molecular flexibility index (Phi) is 8.07. The van der Waals surface area contributed by atoms with Gasteiger partial charge in [-0.1, -0.05) is 30.3 Å². The van der Waals surface area contributed by atoms with Crippen molar-refractivity contribution in [3.05, 3.63) is 60.2 Å². The summed E-state index contributed by atoms with van der Waals surface area (Å²) in [4.78, 5) is 17.3. The molecule has 30 heavy (non-hydrogen) atoms. The standard InChI is InChI=1S/C23H29NO6/c1-24(27-3)22(25)16-21-15-20(29-23(30-21)17-7-5-4-6-8-17)13-14-28-19-11-9-18(26-2)10-12-19/h4-12,20-21,23H,13-16H2,1-3H3/t20-,21-,23-/m1/s1. The SMILES string of the molecule is COc1ccc(OCC[C@@H]2C[C@H](CC(=O)N(C)OC)O[C@H](c3ccccc3)O2)cc1. The van der Waals surface area contributed by atoms with E-state index in [1.54, 1.807) is 14.2 Å². The van der Waals surface area contributed by atoms with Crippen LogP contribution in [0.25, 0.3) is 0 Å². The largest absolute Gasteiger partial charge is 0.497 e. The number of hydrogen-bond acceptors (Lipinski definition) is 6. The highest BCUT2D eigenvalue weighted by Gasteiger charge is 2.33. The van der Waals surface area contributed by atoms with Gasteiger partial charge in [0.25, 0.3) is 0 Å². The van der Waals surface area contributed by atoms with Crippen LogP contribution in [-0.4, -0.2) is 51.1 Å². The third-order valence-corrected chi connectivity index (χ3v) is 5.02. The molecular weight excluding hydrogens is 386 g/mol. The van der Waals surface area contributed by atoms with Gasteiger partial charge in [0.05, 0.1) is 39.5 Å². The Labute approximate surface area is 177 Å². The molecule has 7 nitrogen and oxygen atoms in total. The van der Waals surface area contributed by atoms with Crippen molar-refractivity contribution in [1.82, 2.24) is 5.06 Å². The number of ether oxygens (including phenoxy) is 4. The van der Waals surface area contributed by atoms with Crippen LogP contribution in [0.1, 0.15) is 31.1 Å². The Bertz CT molecular complexity index is 782. The molecule has 1 heterocycles. The van der Waals surface area contributed by atoms with Gasteiger partial charge in [-0.2, -0.15) is 0 Å². The highest BCUT2D eigenvalue weighted by atomic mass is 16.7.